The number of hydrogen-bond donors (Lipinski definition) is 1. The number of benzene rings is 1. The number of carbonyl (C=O) groups is 2. The van der Waals surface area contributed by atoms with E-state index in [2.05, 4.69) is 31.1 Å². The Morgan fingerprint density at radius 2 is 1.75 bits per heavy atom. The summed E-state index contributed by atoms with van der Waals surface area (Å²) in [5.74, 6) is -0.388. The van der Waals surface area contributed by atoms with Crippen LogP contribution in [0, 0.1) is 6.92 Å². The number of hydrogen-bond acceptors (Lipinski definition) is 5. The fourth-order valence-corrected chi connectivity index (χ4v) is 3.32. The molecule has 152 valence electrons. The number of aromatic nitrogens is 1. The molecule has 0 aliphatic rings. The topological polar surface area (TPSA) is 65.5 Å². The molecule has 0 unspecified atom stereocenters. The maximum Gasteiger partial charge on any atom is 0.254 e. The van der Waals surface area contributed by atoms with Crippen LogP contribution in [0.3, 0.4) is 0 Å². The van der Waals surface area contributed by atoms with E-state index < -0.39 is 0 Å². The van der Waals surface area contributed by atoms with Crippen molar-refractivity contribution in [1.29, 1.82) is 0 Å². The summed E-state index contributed by atoms with van der Waals surface area (Å²) < 4.78 is 0. The fourth-order valence-electron chi connectivity index (χ4n) is 2.61. The molecule has 28 heavy (non-hydrogen) atoms. The third-order valence-electron chi connectivity index (χ3n) is 4.30. The Labute approximate surface area is 171 Å². The molecule has 6 nitrogen and oxygen atoms in total. The predicted octanol–water partition coefficient (Wildman–Crippen LogP) is 3.39. The lowest BCUT2D eigenvalue weighted by atomic mass is 9.86. The van der Waals surface area contributed by atoms with E-state index in [4.69, 9.17) is 0 Å². The smallest absolute Gasteiger partial charge is 0.254 e. The van der Waals surface area contributed by atoms with Crippen molar-refractivity contribution in [2.45, 2.75) is 33.1 Å². The summed E-state index contributed by atoms with van der Waals surface area (Å²) in [6.45, 7) is 9.42. The number of likely N-dealkylation sites (N-methyl/N-ethyl adjacent to an activating group) is 1. The van der Waals surface area contributed by atoms with Crippen LogP contribution in [0.2, 0.25) is 0 Å². The summed E-state index contributed by atoms with van der Waals surface area (Å²) in [6, 6.07) is 7.65. The third kappa shape index (κ3) is 6.42. The van der Waals surface area contributed by atoms with Crippen LogP contribution >= 0.6 is 11.3 Å². The standard InChI is InChI=1S/C21H30N4O2S/c1-15-14-28-20(22-15)23-18(26)13-25(12-11-24(5)6)19(27)16-7-9-17(10-8-16)21(2,3)4/h7-10,14H,11-13H2,1-6H3,(H,22,23,26). The van der Waals surface area contributed by atoms with Crippen LogP contribution in [0.5, 0.6) is 0 Å². The largest absolute Gasteiger partial charge is 0.328 e. The number of thiazole rings is 1. The maximum atomic E-state index is 13.0. The van der Waals surface area contributed by atoms with E-state index >= 15 is 0 Å². The summed E-state index contributed by atoms with van der Waals surface area (Å²) >= 11 is 1.38. The number of aryl methyl sites for hydroxylation is 1. The summed E-state index contributed by atoms with van der Waals surface area (Å²) in [7, 11) is 3.89. The van der Waals surface area contributed by atoms with Gasteiger partial charge in [0, 0.05) is 24.0 Å². The molecule has 2 amide bonds. The van der Waals surface area contributed by atoms with E-state index in [9.17, 15) is 9.59 Å². The van der Waals surface area contributed by atoms with E-state index in [-0.39, 0.29) is 23.8 Å². The maximum absolute atomic E-state index is 13.0. The lowest BCUT2D eigenvalue weighted by Gasteiger charge is -2.24. The zero-order valence-corrected chi connectivity index (χ0v) is 18.4. The molecule has 0 spiro atoms. The van der Waals surface area contributed by atoms with Crippen molar-refractivity contribution < 1.29 is 9.59 Å². The van der Waals surface area contributed by atoms with Crippen molar-refractivity contribution in [3.8, 4) is 0 Å². The first-order chi connectivity index (χ1) is 13.1. The first-order valence-electron chi connectivity index (χ1n) is 9.33. The fraction of sp³-hybridized carbons (Fsp3) is 0.476. The molecule has 2 aromatic rings. The lowest BCUT2D eigenvalue weighted by Crippen LogP contribution is -2.41. The van der Waals surface area contributed by atoms with E-state index in [1.165, 1.54) is 16.9 Å². The molecule has 2 rings (SSSR count). The molecule has 0 aliphatic heterocycles. The van der Waals surface area contributed by atoms with Gasteiger partial charge in [0.1, 0.15) is 6.54 Å². The molecule has 1 aromatic carbocycles. The third-order valence-corrected chi connectivity index (χ3v) is 5.18. The number of nitrogens with one attached hydrogen (secondary N) is 1. The molecular formula is C21H30N4O2S. The summed E-state index contributed by atoms with van der Waals surface area (Å²) in [6.07, 6.45) is 0. The molecule has 7 heteroatoms. The minimum atomic E-state index is -0.243. The molecular weight excluding hydrogens is 372 g/mol. The van der Waals surface area contributed by atoms with Crippen molar-refractivity contribution in [3.63, 3.8) is 0 Å². The van der Waals surface area contributed by atoms with Gasteiger partial charge in [-0.1, -0.05) is 32.9 Å². The second kappa shape index (κ2) is 9.30. The highest BCUT2D eigenvalue weighted by atomic mass is 32.1. The second-order valence-corrected chi connectivity index (χ2v) is 9.06. The van der Waals surface area contributed by atoms with Crippen molar-refractivity contribution in [1.82, 2.24) is 14.8 Å². The SMILES string of the molecule is Cc1csc(NC(=O)CN(CCN(C)C)C(=O)c2ccc(C(C)(C)C)cc2)n1. The quantitative estimate of drug-likeness (QED) is 0.771. The average molecular weight is 403 g/mol. The monoisotopic (exact) mass is 402 g/mol. The summed E-state index contributed by atoms with van der Waals surface area (Å²) in [4.78, 5) is 33.3. The van der Waals surface area contributed by atoms with E-state index in [0.29, 0.717) is 23.8 Å². The van der Waals surface area contributed by atoms with E-state index in [1.807, 2.05) is 55.6 Å². The molecule has 0 aliphatic carbocycles. The van der Waals surface area contributed by atoms with Crippen molar-refractivity contribution in [2.24, 2.45) is 0 Å². The van der Waals surface area contributed by atoms with Crippen molar-refractivity contribution in [2.75, 3.05) is 39.0 Å². The highest BCUT2D eigenvalue weighted by molar-refractivity contribution is 7.13. The number of carbonyl (C=O) groups excluding carboxylic acids is 2. The minimum absolute atomic E-state index is 0.00762. The number of anilines is 1. The number of amides is 2. The Hall–Kier alpha value is -2.25. The van der Waals surface area contributed by atoms with Gasteiger partial charge < -0.3 is 15.1 Å². The van der Waals surface area contributed by atoms with Gasteiger partial charge in [0.25, 0.3) is 5.91 Å². The van der Waals surface area contributed by atoms with Crippen LogP contribution in [0.4, 0.5) is 5.13 Å². The molecule has 0 saturated carbocycles. The second-order valence-electron chi connectivity index (χ2n) is 8.20. The summed E-state index contributed by atoms with van der Waals surface area (Å²) in [5, 5.41) is 5.21. The van der Waals surface area contributed by atoms with Gasteiger partial charge >= 0.3 is 0 Å². The lowest BCUT2D eigenvalue weighted by molar-refractivity contribution is -0.116. The van der Waals surface area contributed by atoms with Crippen LogP contribution in [0.15, 0.2) is 29.6 Å². The Morgan fingerprint density at radius 3 is 2.25 bits per heavy atom. The zero-order valence-electron chi connectivity index (χ0n) is 17.6. The Bertz CT molecular complexity index is 807. The number of nitrogens with zero attached hydrogens (tertiary/aromatic N) is 3. The summed E-state index contributed by atoms with van der Waals surface area (Å²) in [5.41, 5.74) is 2.64. The van der Waals surface area contributed by atoms with Crippen LogP contribution < -0.4 is 5.32 Å². The molecule has 1 aromatic heterocycles. The Balaban J connectivity index is 2.12. The Kier molecular flexibility index (Phi) is 7.32. The molecule has 0 atom stereocenters. The normalized spacial score (nSPS) is 11.5. The molecule has 0 radical (unpaired) electrons. The number of rotatable bonds is 7. The first kappa shape index (κ1) is 22.0. The van der Waals surface area contributed by atoms with Gasteiger partial charge in [-0.15, -0.1) is 11.3 Å². The molecule has 0 fully saturated rings. The highest BCUT2D eigenvalue weighted by Gasteiger charge is 2.21. The zero-order chi connectivity index (χ0) is 20.9. The minimum Gasteiger partial charge on any atom is -0.328 e. The van der Waals surface area contributed by atoms with Crippen LogP contribution in [0.25, 0.3) is 0 Å². The van der Waals surface area contributed by atoms with Crippen LogP contribution in [0.1, 0.15) is 42.4 Å². The highest BCUT2D eigenvalue weighted by Crippen LogP contribution is 2.22. The Morgan fingerprint density at radius 1 is 1.11 bits per heavy atom. The van der Waals surface area contributed by atoms with Crippen molar-refractivity contribution >= 4 is 28.3 Å². The van der Waals surface area contributed by atoms with Crippen LogP contribution in [-0.2, 0) is 10.2 Å². The average Bonchev–Trinajstić information content (AvgIpc) is 3.01. The molecule has 0 saturated heterocycles. The predicted molar refractivity (Wildman–Crippen MR) is 115 cm³/mol. The van der Waals surface area contributed by atoms with E-state index in [0.717, 1.165) is 5.69 Å². The first-order valence-corrected chi connectivity index (χ1v) is 10.2. The van der Waals surface area contributed by atoms with Gasteiger partial charge in [0.15, 0.2) is 5.13 Å². The van der Waals surface area contributed by atoms with Gasteiger partial charge in [-0.2, -0.15) is 0 Å². The van der Waals surface area contributed by atoms with Gasteiger partial charge in [-0.3, -0.25) is 9.59 Å². The molecule has 1 heterocycles. The van der Waals surface area contributed by atoms with Crippen molar-refractivity contribution in [3.05, 3.63) is 46.5 Å². The van der Waals surface area contributed by atoms with E-state index in [1.54, 1.807) is 4.90 Å². The molecule has 1 N–H and O–H groups in total. The molecule has 0 bridgehead atoms. The van der Waals surface area contributed by atoms with Gasteiger partial charge in [0.05, 0.1) is 5.69 Å². The van der Waals surface area contributed by atoms with Crippen LogP contribution in [-0.4, -0.2) is 60.3 Å². The van der Waals surface area contributed by atoms with Gasteiger partial charge in [-0.05, 0) is 44.1 Å². The van der Waals surface area contributed by atoms with Gasteiger partial charge in [-0.25, -0.2) is 4.98 Å². The van der Waals surface area contributed by atoms with Gasteiger partial charge in [0.2, 0.25) is 5.91 Å².